The van der Waals surface area contributed by atoms with E-state index < -0.39 is 0 Å². The number of likely N-dealkylation sites (N-methyl/N-ethyl adjacent to an activating group) is 1. The lowest BCUT2D eigenvalue weighted by Gasteiger charge is -2.48. The largest absolute Gasteiger partial charge is 0.381 e. The van der Waals surface area contributed by atoms with Gasteiger partial charge in [-0.25, -0.2) is 0 Å². The maximum absolute atomic E-state index is 6.12. The SMILES string of the molecule is COC1CCC(CN)(N(C)C2CCOC2C)CC1. The Balaban J connectivity index is 2.03. The standard InChI is InChI=1S/C14H28N2O2/c1-11-13(6-9-18-11)16(2)14(10-15)7-4-12(17-3)5-8-14/h11-13H,4-10,15H2,1-3H3. The maximum Gasteiger partial charge on any atom is 0.0703 e. The molecule has 0 aromatic heterocycles. The zero-order valence-electron chi connectivity index (χ0n) is 12.0. The molecular formula is C14H28N2O2. The second-order valence-corrected chi connectivity index (χ2v) is 5.91. The van der Waals surface area contributed by atoms with Crippen molar-refractivity contribution in [3.63, 3.8) is 0 Å². The van der Waals surface area contributed by atoms with E-state index in [-0.39, 0.29) is 5.54 Å². The van der Waals surface area contributed by atoms with Crippen LogP contribution in [0.1, 0.15) is 39.0 Å². The summed E-state index contributed by atoms with van der Waals surface area (Å²) in [5.41, 5.74) is 6.27. The third kappa shape index (κ3) is 2.57. The molecule has 2 atom stereocenters. The summed E-state index contributed by atoms with van der Waals surface area (Å²) in [5, 5.41) is 0. The van der Waals surface area contributed by atoms with Crippen LogP contribution >= 0.6 is 0 Å². The number of methoxy groups -OCH3 is 1. The lowest BCUT2D eigenvalue weighted by atomic mass is 9.78. The summed E-state index contributed by atoms with van der Waals surface area (Å²) < 4.78 is 11.2. The van der Waals surface area contributed by atoms with E-state index in [0.717, 1.165) is 45.3 Å². The van der Waals surface area contributed by atoms with E-state index in [9.17, 15) is 0 Å². The van der Waals surface area contributed by atoms with Gasteiger partial charge in [0, 0.05) is 31.8 Å². The Morgan fingerprint density at radius 1 is 1.33 bits per heavy atom. The molecule has 2 rings (SSSR count). The predicted molar refractivity (Wildman–Crippen MR) is 72.6 cm³/mol. The van der Waals surface area contributed by atoms with Crippen LogP contribution in [0.5, 0.6) is 0 Å². The number of rotatable bonds is 4. The van der Waals surface area contributed by atoms with Gasteiger partial charge in [-0.1, -0.05) is 0 Å². The normalized spacial score (nSPS) is 41.5. The summed E-state index contributed by atoms with van der Waals surface area (Å²) in [6.45, 7) is 3.81. The van der Waals surface area contributed by atoms with Crippen LogP contribution in [0.4, 0.5) is 0 Å². The van der Waals surface area contributed by atoms with Crippen LogP contribution in [0.15, 0.2) is 0 Å². The van der Waals surface area contributed by atoms with Crippen molar-refractivity contribution in [1.82, 2.24) is 4.90 Å². The molecule has 1 aliphatic carbocycles. The van der Waals surface area contributed by atoms with E-state index >= 15 is 0 Å². The molecule has 0 aromatic rings. The molecule has 0 aromatic carbocycles. The van der Waals surface area contributed by atoms with E-state index in [0.29, 0.717) is 18.2 Å². The quantitative estimate of drug-likeness (QED) is 0.825. The molecule has 2 aliphatic rings. The van der Waals surface area contributed by atoms with Crippen LogP contribution in [-0.2, 0) is 9.47 Å². The number of nitrogens with two attached hydrogens (primary N) is 1. The van der Waals surface area contributed by atoms with Gasteiger partial charge in [0.1, 0.15) is 0 Å². The second-order valence-electron chi connectivity index (χ2n) is 5.91. The fourth-order valence-electron chi connectivity index (χ4n) is 3.65. The molecular weight excluding hydrogens is 228 g/mol. The zero-order chi connectivity index (χ0) is 13.2. The van der Waals surface area contributed by atoms with Gasteiger partial charge in [0.05, 0.1) is 12.2 Å². The fourth-order valence-corrected chi connectivity index (χ4v) is 3.65. The van der Waals surface area contributed by atoms with Gasteiger partial charge in [-0.15, -0.1) is 0 Å². The molecule has 4 nitrogen and oxygen atoms in total. The average molecular weight is 256 g/mol. The maximum atomic E-state index is 6.12. The minimum atomic E-state index is 0.154. The molecule has 1 aliphatic heterocycles. The lowest BCUT2D eigenvalue weighted by Crippen LogP contribution is -2.59. The minimum absolute atomic E-state index is 0.154. The Hall–Kier alpha value is -0.160. The molecule has 0 radical (unpaired) electrons. The Morgan fingerprint density at radius 3 is 2.44 bits per heavy atom. The Morgan fingerprint density at radius 2 is 2.00 bits per heavy atom. The summed E-state index contributed by atoms with van der Waals surface area (Å²) in [6, 6.07) is 0.521. The van der Waals surface area contributed by atoms with Gasteiger partial charge in [-0.2, -0.15) is 0 Å². The van der Waals surface area contributed by atoms with Crippen LogP contribution in [0.25, 0.3) is 0 Å². The summed E-state index contributed by atoms with van der Waals surface area (Å²) in [5.74, 6) is 0. The van der Waals surface area contributed by atoms with Gasteiger partial charge < -0.3 is 15.2 Å². The molecule has 0 amide bonds. The van der Waals surface area contributed by atoms with Crippen LogP contribution in [-0.4, -0.2) is 56.0 Å². The van der Waals surface area contributed by atoms with Crippen LogP contribution < -0.4 is 5.73 Å². The van der Waals surface area contributed by atoms with Crippen molar-refractivity contribution in [2.45, 2.75) is 62.8 Å². The zero-order valence-corrected chi connectivity index (χ0v) is 12.0. The molecule has 0 bridgehead atoms. The topological polar surface area (TPSA) is 47.7 Å². The van der Waals surface area contributed by atoms with Gasteiger partial charge in [0.2, 0.25) is 0 Å². The van der Waals surface area contributed by atoms with Crippen molar-refractivity contribution < 1.29 is 9.47 Å². The van der Waals surface area contributed by atoms with Gasteiger partial charge in [0.15, 0.2) is 0 Å². The van der Waals surface area contributed by atoms with Gasteiger partial charge in [-0.05, 0) is 46.1 Å². The highest BCUT2D eigenvalue weighted by Gasteiger charge is 2.43. The molecule has 106 valence electrons. The van der Waals surface area contributed by atoms with E-state index in [1.54, 1.807) is 0 Å². The average Bonchev–Trinajstić information content (AvgIpc) is 2.84. The predicted octanol–water partition coefficient (Wildman–Crippen LogP) is 1.38. The van der Waals surface area contributed by atoms with Crippen molar-refractivity contribution >= 4 is 0 Å². The summed E-state index contributed by atoms with van der Waals surface area (Å²) in [7, 11) is 4.05. The van der Waals surface area contributed by atoms with Crippen molar-refractivity contribution in [1.29, 1.82) is 0 Å². The third-order valence-corrected chi connectivity index (χ3v) is 5.16. The first-order chi connectivity index (χ1) is 8.63. The van der Waals surface area contributed by atoms with Crippen LogP contribution in [0, 0.1) is 0 Å². The fraction of sp³-hybridized carbons (Fsp3) is 1.00. The summed E-state index contributed by atoms with van der Waals surface area (Å²) in [4.78, 5) is 2.51. The Bertz CT molecular complexity index is 265. The lowest BCUT2D eigenvalue weighted by molar-refractivity contribution is -0.0266. The summed E-state index contributed by atoms with van der Waals surface area (Å²) >= 11 is 0. The number of hydrogen-bond acceptors (Lipinski definition) is 4. The Kier molecular flexibility index (Phi) is 4.64. The highest BCUT2D eigenvalue weighted by Crippen LogP contribution is 2.36. The Labute approximate surface area is 111 Å². The number of nitrogens with zero attached hydrogens (tertiary/aromatic N) is 1. The monoisotopic (exact) mass is 256 g/mol. The van der Waals surface area contributed by atoms with E-state index in [1.165, 1.54) is 0 Å². The van der Waals surface area contributed by atoms with Crippen molar-refractivity contribution in [3.8, 4) is 0 Å². The molecule has 1 saturated heterocycles. The van der Waals surface area contributed by atoms with E-state index in [1.807, 2.05) is 7.11 Å². The minimum Gasteiger partial charge on any atom is -0.381 e. The van der Waals surface area contributed by atoms with E-state index in [2.05, 4.69) is 18.9 Å². The smallest absolute Gasteiger partial charge is 0.0703 e. The molecule has 1 saturated carbocycles. The second kappa shape index (κ2) is 5.87. The molecule has 2 fully saturated rings. The number of hydrogen-bond donors (Lipinski definition) is 1. The highest BCUT2D eigenvalue weighted by molar-refractivity contribution is 4.99. The van der Waals surface area contributed by atoms with Crippen molar-refractivity contribution in [2.24, 2.45) is 5.73 Å². The molecule has 2 unspecified atom stereocenters. The van der Waals surface area contributed by atoms with Gasteiger partial charge >= 0.3 is 0 Å². The van der Waals surface area contributed by atoms with Gasteiger partial charge in [-0.3, -0.25) is 4.90 Å². The molecule has 0 spiro atoms. The van der Waals surface area contributed by atoms with Gasteiger partial charge in [0.25, 0.3) is 0 Å². The molecule has 18 heavy (non-hydrogen) atoms. The first-order valence-electron chi connectivity index (χ1n) is 7.20. The molecule has 4 heteroatoms. The highest BCUT2D eigenvalue weighted by atomic mass is 16.5. The molecule has 2 N–H and O–H groups in total. The third-order valence-electron chi connectivity index (χ3n) is 5.16. The van der Waals surface area contributed by atoms with Crippen molar-refractivity contribution in [2.75, 3.05) is 27.3 Å². The van der Waals surface area contributed by atoms with Crippen LogP contribution in [0.3, 0.4) is 0 Å². The van der Waals surface area contributed by atoms with Crippen molar-refractivity contribution in [3.05, 3.63) is 0 Å². The molecule has 1 heterocycles. The first kappa shape index (κ1) is 14.3. The van der Waals surface area contributed by atoms with Crippen LogP contribution in [0.2, 0.25) is 0 Å². The van der Waals surface area contributed by atoms with E-state index in [4.69, 9.17) is 15.2 Å². The number of ether oxygens (including phenoxy) is 2. The summed E-state index contributed by atoms with van der Waals surface area (Å²) in [6.07, 6.45) is 6.42. The first-order valence-corrected chi connectivity index (χ1v) is 7.20.